The van der Waals surface area contributed by atoms with Crippen LogP contribution in [0.1, 0.15) is 10.4 Å². The zero-order chi connectivity index (χ0) is 14.1. The number of aromatic amines is 1. The topological polar surface area (TPSA) is 110 Å². The van der Waals surface area contributed by atoms with Gasteiger partial charge in [0.1, 0.15) is 5.82 Å². The Morgan fingerprint density at radius 2 is 2.00 bits per heavy atom. The molecule has 3 rings (SSSR count). The predicted octanol–water partition coefficient (Wildman–Crippen LogP) is 1.85. The van der Waals surface area contributed by atoms with Crippen LogP contribution in [0.4, 0.5) is 11.5 Å². The first-order chi connectivity index (χ1) is 9.63. The molecular formula is C12H9ClN6O. The van der Waals surface area contributed by atoms with E-state index < -0.39 is 5.91 Å². The van der Waals surface area contributed by atoms with Gasteiger partial charge < -0.3 is 11.1 Å². The van der Waals surface area contributed by atoms with Crippen LogP contribution >= 0.6 is 11.6 Å². The molecule has 8 heteroatoms. The maximum absolute atomic E-state index is 11.0. The van der Waals surface area contributed by atoms with Gasteiger partial charge in [0.2, 0.25) is 11.2 Å². The first kappa shape index (κ1) is 12.4. The Morgan fingerprint density at radius 3 is 2.70 bits per heavy atom. The second kappa shape index (κ2) is 4.78. The highest BCUT2D eigenvalue weighted by atomic mass is 35.5. The van der Waals surface area contributed by atoms with Crippen LogP contribution in [0.5, 0.6) is 0 Å². The van der Waals surface area contributed by atoms with Gasteiger partial charge in [-0.3, -0.25) is 9.89 Å². The Hall–Kier alpha value is -2.67. The van der Waals surface area contributed by atoms with Crippen LogP contribution < -0.4 is 11.1 Å². The van der Waals surface area contributed by atoms with E-state index in [0.29, 0.717) is 22.4 Å². The van der Waals surface area contributed by atoms with Gasteiger partial charge in [-0.05, 0) is 35.9 Å². The number of primary amides is 1. The largest absolute Gasteiger partial charge is 0.366 e. The number of carbonyl (C=O) groups is 1. The summed E-state index contributed by atoms with van der Waals surface area (Å²) in [7, 11) is 0. The Kier molecular flexibility index (Phi) is 2.96. The number of anilines is 2. The van der Waals surface area contributed by atoms with Crippen LogP contribution in [0, 0.1) is 0 Å². The molecule has 2 aromatic heterocycles. The second-order valence-electron chi connectivity index (χ2n) is 4.04. The van der Waals surface area contributed by atoms with E-state index in [1.165, 1.54) is 0 Å². The Balaban J connectivity index is 1.96. The quantitative estimate of drug-likeness (QED) is 0.637. The van der Waals surface area contributed by atoms with E-state index in [-0.39, 0.29) is 5.28 Å². The van der Waals surface area contributed by atoms with Gasteiger partial charge in [0.25, 0.3) is 0 Å². The summed E-state index contributed by atoms with van der Waals surface area (Å²) in [6.07, 6.45) is 1.60. The highest BCUT2D eigenvalue weighted by Gasteiger charge is 2.09. The average molecular weight is 289 g/mol. The molecule has 0 spiro atoms. The van der Waals surface area contributed by atoms with E-state index in [0.717, 1.165) is 5.69 Å². The van der Waals surface area contributed by atoms with E-state index >= 15 is 0 Å². The molecule has 0 aliphatic rings. The van der Waals surface area contributed by atoms with Gasteiger partial charge in [-0.15, -0.1) is 0 Å². The maximum atomic E-state index is 11.0. The summed E-state index contributed by atoms with van der Waals surface area (Å²) in [6.45, 7) is 0. The molecule has 100 valence electrons. The number of hydrogen-bond acceptors (Lipinski definition) is 5. The number of amides is 1. The lowest BCUT2D eigenvalue weighted by molar-refractivity contribution is 0.100. The van der Waals surface area contributed by atoms with E-state index in [1.54, 1.807) is 30.5 Å². The molecule has 1 aromatic carbocycles. The fraction of sp³-hybridized carbons (Fsp3) is 0. The molecule has 20 heavy (non-hydrogen) atoms. The van der Waals surface area contributed by atoms with Crippen molar-refractivity contribution in [2.24, 2.45) is 5.73 Å². The highest BCUT2D eigenvalue weighted by molar-refractivity contribution is 6.28. The summed E-state index contributed by atoms with van der Waals surface area (Å²) >= 11 is 5.84. The van der Waals surface area contributed by atoms with Crippen molar-refractivity contribution in [1.82, 2.24) is 20.2 Å². The van der Waals surface area contributed by atoms with Crippen molar-refractivity contribution in [3.8, 4) is 0 Å². The molecule has 0 aliphatic heterocycles. The van der Waals surface area contributed by atoms with E-state index in [4.69, 9.17) is 17.3 Å². The smallest absolute Gasteiger partial charge is 0.248 e. The van der Waals surface area contributed by atoms with Gasteiger partial charge in [-0.1, -0.05) is 0 Å². The summed E-state index contributed by atoms with van der Waals surface area (Å²) < 4.78 is 0. The van der Waals surface area contributed by atoms with E-state index in [2.05, 4.69) is 25.5 Å². The minimum Gasteiger partial charge on any atom is -0.366 e. The van der Waals surface area contributed by atoms with Gasteiger partial charge in [-0.2, -0.15) is 15.1 Å². The third-order valence-electron chi connectivity index (χ3n) is 2.71. The number of rotatable bonds is 3. The fourth-order valence-electron chi connectivity index (χ4n) is 1.76. The van der Waals surface area contributed by atoms with E-state index in [9.17, 15) is 4.79 Å². The second-order valence-corrected chi connectivity index (χ2v) is 4.38. The standard InChI is InChI=1S/C12H9ClN6O/c13-12-17-10(8-5-15-19-11(8)18-12)16-7-3-1-6(2-4-7)9(14)20/h1-5H,(H2,14,20)(H2,15,16,17,18,19). The molecule has 0 saturated heterocycles. The molecule has 1 amide bonds. The van der Waals surface area contributed by atoms with Crippen molar-refractivity contribution in [2.45, 2.75) is 0 Å². The summed E-state index contributed by atoms with van der Waals surface area (Å²) in [6, 6.07) is 6.70. The van der Waals surface area contributed by atoms with Gasteiger partial charge in [-0.25, -0.2) is 0 Å². The van der Waals surface area contributed by atoms with Gasteiger partial charge in [0, 0.05) is 11.3 Å². The third-order valence-corrected chi connectivity index (χ3v) is 2.88. The zero-order valence-electron chi connectivity index (χ0n) is 10.1. The molecular weight excluding hydrogens is 280 g/mol. The van der Waals surface area contributed by atoms with Crippen molar-refractivity contribution in [2.75, 3.05) is 5.32 Å². The van der Waals surface area contributed by atoms with Crippen LogP contribution in [0.2, 0.25) is 5.28 Å². The molecule has 4 N–H and O–H groups in total. The minimum atomic E-state index is -0.473. The molecule has 2 heterocycles. The number of carbonyl (C=O) groups excluding carboxylic acids is 1. The molecule has 0 fully saturated rings. The van der Waals surface area contributed by atoms with Crippen molar-refractivity contribution in [3.63, 3.8) is 0 Å². The lowest BCUT2D eigenvalue weighted by Gasteiger charge is -2.07. The predicted molar refractivity (Wildman–Crippen MR) is 74.9 cm³/mol. The lowest BCUT2D eigenvalue weighted by Crippen LogP contribution is -2.10. The number of aromatic nitrogens is 4. The molecule has 0 radical (unpaired) electrons. The van der Waals surface area contributed by atoms with Gasteiger partial charge >= 0.3 is 0 Å². The van der Waals surface area contributed by atoms with Crippen LogP contribution in [0.3, 0.4) is 0 Å². The normalized spacial score (nSPS) is 10.7. The van der Waals surface area contributed by atoms with Crippen molar-refractivity contribution >= 4 is 40.0 Å². The van der Waals surface area contributed by atoms with Crippen molar-refractivity contribution in [3.05, 3.63) is 41.3 Å². The Labute approximate surface area is 118 Å². The van der Waals surface area contributed by atoms with Crippen molar-refractivity contribution < 1.29 is 4.79 Å². The lowest BCUT2D eigenvalue weighted by atomic mass is 10.2. The molecule has 7 nitrogen and oxygen atoms in total. The van der Waals surface area contributed by atoms with Gasteiger partial charge in [0.05, 0.1) is 11.6 Å². The molecule has 0 aliphatic carbocycles. The van der Waals surface area contributed by atoms with E-state index in [1.807, 2.05) is 0 Å². The van der Waals surface area contributed by atoms with Crippen LogP contribution in [0.15, 0.2) is 30.5 Å². The molecule has 3 aromatic rings. The van der Waals surface area contributed by atoms with Crippen molar-refractivity contribution in [1.29, 1.82) is 0 Å². The first-order valence-corrected chi connectivity index (χ1v) is 6.05. The third kappa shape index (κ3) is 2.26. The van der Waals surface area contributed by atoms with Crippen LogP contribution in [-0.2, 0) is 0 Å². The number of H-pyrrole nitrogens is 1. The number of halogens is 1. The molecule has 0 unspecified atom stereocenters. The highest BCUT2D eigenvalue weighted by Crippen LogP contribution is 2.23. The number of hydrogen-bond donors (Lipinski definition) is 3. The number of fused-ring (bicyclic) bond motifs is 1. The molecule has 0 bridgehead atoms. The summed E-state index contributed by atoms with van der Waals surface area (Å²) in [5, 5.41) is 10.5. The molecule has 0 atom stereocenters. The average Bonchev–Trinajstić information content (AvgIpc) is 2.87. The van der Waals surface area contributed by atoms with Gasteiger partial charge in [0.15, 0.2) is 5.65 Å². The van der Waals surface area contributed by atoms with Crippen LogP contribution in [-0.4, -0.2) is 26.1 Å². The first-order valence-electron chi connectivity index (χ1n) is 5.67. The number of nitrogens with zero attached hydrogens (tertiary/aromatic N) is 3. The summed E-state index contributed by atoms with van der Waals surface area (Å²) in [5.41, 5.74) is 6.91. The zero-order valence-corrected chi connectivity index (χ0v) is 10.8. The Bertz CT molecular complexity index is 782. The Morgan fingerprint density at radius 1 is 1.25 bits per heavy atom. The number of benzene rings is 1. The minimum absolute atomic E-state index is 0.109. The number of nitrogens with one attached hydrogen (secondary N) is 2. The number of nitrogens with two attached hydrogens (primary N) is 1. The van der Waals surface area contributed by atoms with Crippen LogP contribution in [0.25, 0.3) is 11.0 Å². The monoisotopic (exact) mass is 288 g/mol. The summed E-state index contributed by atoms with van der Waals surface area (Å²) in [5.74, 6) is 0.0550. The maximum Gasteiger partial charge on any atom is 0.248 e. The molecule has 0 saturated carbocycles. The summed E-state index contributed by atoms with van der Waals surface area (Å²) in [4.78, 5) is 19.1. The fourth-order valence-corrected chi connectivity index (χ4v) is 1.93. The SMILES string of the molecule is NC(=O)c1ccc(Nc2nc(Cl)nc3[nH]ncc23)cc1.